The number of hydrogen-bond donors (Lipinski definition) is 2. The lowest BCUT2D eigenvalue weighted by Gasteiger charge is -2.05. The summed E-state index contributed by atoms with van der Waals surface area (Å²) in [5.41, 5.74) is 0.197. The first kappa shape index (κ1) is 11.0. The largest absolute Gasteiger partial charge is 0.478 e. The maximum atomic E-state index is 13.3. The average Bonchev–Trinajstić information content (AvgIpc) is 2.32. The Morgan fingerprint density at radius 2 is 2.12 bits per heavy atom. The highest BCUT2D eigenvalue weighted by Gasteiger charge is 2.07. The number of carbonyl (C=O) groups is 1. The zero-order valence-corrected chi connectivity index (χ0v) is 8.59. The molecule has 1 aromatic carbocycles. The van der Waals surface area contributed by atoms with Gasteiger partial charge < -0.3 is 10.4 Å². The molecule has 0 spiro atoms. The molecule has 17 heavy (non-hydrogen) atoms. The molecule has 0 aliphatic carbocycles. The van der Waals surface area contributed by atoms with Crippen molar-refractivity contribution in [3.63, 3.8) is 0 Å². The van der Waals surface area contributed by atoms with Gasteiger partial charge >= 0.3 is 5.97 Å². The van der Waals surface area contributed by atoms with E-state index in [0.717, 1.165) is 6.20 Å². The highest BCUT2D eigenvalue weighted by Crippen LogP contribution is 2.17. The summed E-state index contributed by atoms with van der Waals surface area (Å²) in [5, 5.41) is 18.6. The van der Waals surface area contributed by atoms with Gasteiger partial charge in [-0.15, -0.1) is 5.10 Å². The molecule has 2 N–H and O–H groups in total. The summed E-state index contributed by atoms with van der Waals surface area (Å²) < 4.78 is 13.3. The second-order valence-corrected chi connectivity index (χ2v) is 3.24. The molecule has 2 aromatic rings. The smallest absolute Gasteiger partial charge is 0.337 e. The molecule has 0 saturated carbocycles. The van der Waals surface area contributed by atoms with Crippen molar-refractivity contribution in [1.82, 2.24) is 10.2 Å². The number of aromatic carboxylic acids is 1. The third-order valence-corrected chi connectivity index (χ3v) is 2.04. The van der Waals surface area contributed by atoms with Gasteiger partial charge in [-0.1, -0.05) is 12.1 Å². The Balaban J connectivity index is 2.28. The SMILES string of the molecule is O=C(O)c1cnnc(Nc2ccccc2F)c1. The highest BCUT2D eigenvalue weighted by atomic mass is 19.1. The summed E-state index contributed by atoms with van der Waals surface area (Å²) in [6.07, 6.45) is 1.12. The summed E-state index contributed by atoms with van der Waals surface area (Å²) in [6, 6.07) is 7.29. The van der Waals surface area contributed by atoms with E-state index in [1.807, 2.05) is 0 Å². The normalized spacial score (nSPS) is 9.94. The van der Waals surface area contributed by atoms with E-state index in [1.54, 1.807) is 12.1 Å². The molecular weight excluding hydrogens is 225 g/mol. The van der Waals surface area contributed by atoms with Gasteiger partial charge in [-0.2, -0.15) is 5.10 Å². The Morgan fingerprint density at radius 3 is 2.82 bits per heavy atom. The van der Waals surface area contributed by atoms with Crippen LogP contribution < -0.4 is 5.32 Å². The van der Waals surface area contributed by atoms with E-state index in [1.165, 1.54) is 18.2 Å². The Morgan fingerprint density at radius 1 is 1.35 bits per heavy atom. The summed E-state index contributed by atoms with van der Waals surface area (Å²) >= 11 is 0. The van der Waals surface area contributed by atoms with Gasteiger partial charge in [0.1, 0.15) is 5.82 Å². The van der Waals surface area contributed by atoms with Crippen molar-refractivity contribution in [2.75, 3.05) is 5.32 Å². The summed E-state index contributed by atoms with van der Waals surface area (Å²) in [4.78, 5) is 10.7. The molecule has 0 unspecified atom stereocenters. The Bertz CT molecular complexity index is 560. The van der Waals surface area contributed by atoms with E-state index in [-0.39, 0.29) is 17.1 Å². The lowest BCUT2D eigenvalue weighted by atomic mass is 10.3. The van der Waals surface area contributed by atoms with Crippen LogP contribution in [0.15, 0.2) is 36.5 Å². The number of anilines is 2. The van der Waals surface area contributed by atoms with E-state index < -0.39 is 11.8 Å². The number of para-hydroxylation sites is 1. The molecule has 0 fully saturated rings. The fourth-order valence-corrected chi connectivity index (χ4v) is 1.25. The van der Waals surface area contributed by atoms with E-state index in [0.29, 0.717) is 0 Å². The van der Waals surface area contributed by atoms with Crippen LogP contribution in [-0.4, -0.2) is 21.3 Å². The van der Waals surface area contributed by atoms with Gasteiger partial charge in [0.15, 0.2) is 5.82 Å². The minimum atomic E-state index is -1.11. The molecule has 6 heteroatoms. The molecule has 0 aliphatic heterocycles. The molecule has 0 saturated heterocycles. The van der Waals surface area contributed by atoms with Gasteiger partial charge in [-0.05, 0) is 18.2 Å². The minimum absolute atomic E-state index is 0.0150. The third-order valence-electron chi connectivity index (χ3n) is 2.04. The van der Waals surface area contributed by atoms with Crippen molar-refractivity contribution >= 4 is 17.5 Å². The fourth-order valence-electron chi connectivity index (χ4n) is 1.25. The van der Waals surface area contributed by atoms with E-state index in [4.69, 9.17) is 5.11 Å². The number of carboxylic acids is 1. The second kappa shape index (κ2) is 4.56. The summed E-state index contributed by atoms with van der Waals surface area (Å²) in [6.45, 7) is 0. The van der Waals surface area contributed by atoms with Crippen molar-refractivity contribution < 1.29 is 14.3 Å². The van der Waals surface area contributed by atoms with Crippen LogP contribution in [0.2, 0.25) is 0 Å². The summed E-state index contributed by atoms with van der Waals surface area (Å²) in [7, 11) is 0. The molecule has 0 atom stereocenters. The fraction of sp³-hybridized carbons (Fsp3) is 0. The van der Waals surface area contributed by atoms with Crippen LogP contribution in [0.4, 0.5) is 15.9 Å². The van der Waals surface area contributed by atoms with E-state index in [2.05, 4.69) is 15.5 Å². The number of hydrogen-bond acceptors (Lipinski definition) is 4. The van der Waals surface area contributed by atoms with Crippen LogP contribution >= 0.6 is 0 Å². The van der Waals surface area contributed by atoms with Crippen molar-refractivity contribution in [1.29, 1.82) is 0 Å². The zero-order valence-electron chi connectivity index (χ0n) is 8.59. The Hall–Kier alpha value is -2.50. The van der Waals surface area contributed by atoms with Crippen LogP contribution in [0.5, 0.6) is 0 Å². The molecule has 5 nitrogen and oxygen atoms in total. The third kappa shape index (κ3) is 2.54. The Labute approximate surface area is 95.9 Å². The average molecular weight is 233 g/mol. The van der Waals surface area contributed by atoms with Gasteiger partial charge in [-0.3, -0.25) is 0 Å². The van der Waals surface area contributed by atoms with Crippen LogP contribution in [0.25, 0.3) is 0 Å². The summed E-state index contributed by atoms with van der Waals surface area (Å²) in [5.74, 6) is -1.39. The van der Waals surface area contributed by atoms with Gasteiger partial charge in [-0.25, -0.2) is 9.18 Å². The molecule has 1 aromatic heterocycles. The van der Waals surface area contributed by atoms with Crippen molar-refractivity contribution in [2.45, 2.75) is 0 Å². The van der Waals surface area contributed by atoms with Gasteiger partial charge in [0, 0.05) is 0 Å². The second-order valence-electron chi connectivity index (χ2n) is 3.24. The maximum Gasteiger partial charge on any atom is 0.337 e. The van der Waals surface area contributed by atoms with Gasteiger partial charge in [0.05, 0.1) is 17.4 Å². The van der Waals surface area contributed by atoms with E-state index >= 15 is 0 Å². The molecule has 86 valence electrons. The number of nitrogens with zero attached hydrogens (tertiary/aromatic N) is 2. The first-order valence-electron chi connectivity index (χ1n) is 4.74. The number of carboxylic acid groups (broad SMARTS) is 1. The van der Waals surface area contributed by atoms with Gasteiger partial charge in [0.2, 0.25) is 0 Å². The van der Waals surface area contributed by atoms with E-state index in [9.17, 15) is 9.18 Å². The predicted octanol–water partition coefficient (Wildman–Crippen LogP) is 2.06. The Kier molecular flexibility index (Phi) is 2.95. The highest BCUT2D eigenvalue weighted by molar-refractivity contribution is 5.88. The zero-order chi connectivity index (χ0) is 12.3. The van der Waals surface area contributed by atoms with Crippen LogP contribution in [0.1, 0.15) is 10.4 Å². The van der Waals surface area contributed by atoms with Crippen LogP contribution in [0, 0.1) is 5.82 Å². The lowest BCUT2D eigenvalue weighted by Crippen LogP contribution is -2.02. The lowest BCUT2D eigenvalue weighted by molar-refractivity contribution is 0.0696. The topological polar surface area (TPSA) is 75.1 Å². The monoisotopic (exact) mass is 233 g/mol. The first-order chi connectivity index (χ1) is 8.16. The van der Waals surface area contributed by atoms with Crippen LogP contribution in [-0.2, 0) is 0 Å². The molecule has 0 bridgehead atoms. The number of aromatic nitrogens is 2. The molecule has 0 aliphatic rings. The number of halogens is 1. The van der Waals surface area contributed by atoms with Crippen molar-refractivity contribution in [3.05, 3.63) is 47.9 Å². The standard InChI is InChI=1S/C11H8FN3O2/c12-8-3-1-2-4-9(8)14-10-5-7(11(16)17)6-13-15-10/h1-6H,(H,14,15)(H,16,17). The molecule has 0 amide bonds. The predicted molar refractivity (Wildman–Crippen MR) is 58.7 cm³/mol. The van der Waals surface area contributed by atoms with Gasteiger partial charge in [0.25, 0.3) is 0 Å². The number of benzene rings is 1. The molecule has 0 radical (unpaired) electrons. The number of rotatable bonds is 3. The molecular formula is C11H8FN3O2. The van der Waals surface area contributed by atoms with Crippen molar-refractivity contribution in [2.24, 2.45) is 0 Å². The van der Waals surface area contributed by atoms with Crippen LogP contribution in [0.3, 0.4) is 0 Å². The first-order valence-corrected chi connectivity index (χ1v) is 4.74. The number of nitrogens with one attached hydrogen (secondary N) is 1. The molecule has 1 heterocycles. The quantitative estimate of drug-likeness (QED) is 0.848. The molecule has 2 rings (SSSR count). The van der Waals surface area contributed by atoms with Crippen molar-refractivity contribution in [3.8, 4) is 0 Å². The minimum Gasteiger partial charge on any atom is -0.478 e. The maximum absolute atomic E-state index is 13.3.